The van der Waals surface area contributed by atoms with Crippen molar-refractivity contribution in [1.82, 2.24) is 15.1 Å². The van der Waals surface area contributed by atoms with E-state index in [0.717, 1.165) is 0 Å². The molecule has 0 saturated carbocycles. The molecule has 142 valence electrons. The fraction of sp³-hybridized carbons (Fsp3) is 0.190. The molecule has 5 nitrogen and oxygen atoms in total. The molecular formula is C21H18F2N4O. The van der Waals surface area contributed by atoms with Crippen molar-refractivity contribution in [2.75, 3.05) is 31.1 Å². The predicted octanol–water partition coefficient (Wildman–Crippen LogP) is 3.16. The smallest absolute Gasteiger partial charge is 0.279 e. The summed E-state index contributed by atoms with van der Waals surface area (Å²) in [7, 11) is 0. The first-order valence-corrected chi connectivity index (χ1v) is 9.21. The molecule has 0 bridgehead atoms. The van der Waals surface area contributed by atoms with Gasteiger partial charge in [0.2, 0.25) is 0 Å². The molecule has 7 heteroatoms. The molecule has 1 aliphatic heterocycles. The number of para-hydroxylation sites is 1. The van der Waals surface area contributed by atoms with E-state index in [0.29, 0.717) is 53.5 Å². The van der Waals surface area contributed by atoms with E-state index in [-0.39, 0.29) is 11.2 Å². The third-order valence-electron chi connectivity index (χ3n) is 5.29. The Balaban J connectivity index is 1.76. The van der Waals surface area contributed by atoms with E-state index in [1.807, 2.05) is 18.2 Å². The number of piperazine rings is 1. The monoisotopic (exact) mass is 380 g/mol. The van der Waals surface area contributed by atoms with Crippen LogP contribution in [0.25, 0.3) is 27.4 Å². The molecule has 1 aromatic heterocycles. The van der Waals surface area contributed by atoms with Gasteiger partial charge in [0.05, 0.1) is 16.6 Å². The lowest BCUT2D eigenvalue weighted by Gasteiger charge is -2.30. The van der Waals surface area contributed by atoms with Crippen LogP contribution in [0.2, 0.25) is 0 Å². The van der Waals surface area contributed by atoms with Crippen molar-refractivity contribution in [3.63, 3.8) is 0 Å². The third kappa shape index (κ3) is 2.51. The normalized spacial score (nSPS) is 14.9. The van der Waals surface area contributed by atoms with Crippen LogP contribution < -0.4 is 15.8 Å². The fourth-order valence-corrected chi connectivity index (χ4v) is 3.91. The minimum absolute atomic E-state index is 0.00168. The van der Waals surface area contributed by atoms with Crippen LogP contribution in [0.1, 0.15) is 0 Å². The maximum atomic E-state index is 15.3. The molecule has 2 N–H and O–H groups in total. The quantitative estimate of drug-likeness (QED) is 0.562. The lowest BCUT2D eigenvalue weighted by Crippen LogP contribution is -2.44. The van der Waals surface area contributed by atoms with E-state index in [4.69, 9.17) is 0 Å². The Morgan fingerprint density at radius 3 is 2.36 bits per heavy atom. The molecule has 2 heterocycles. The average molecular weight is 380 g/mol. The second-order valence-electron chi connectivity index (χ2n) is 6.93. The van der Waals surface area contributed by atoms with Crippen molar-refractivity contribution >= 4 is 27.4 Å². The number of H-pyrrole nitrogens is 1. The molecule has 1 aliphatic rings. The van der Waals surface area contributed by atoms with Crippen LogP contribution in [0.4, 0.5) is 14.5 Å². The Morgan fingerprint density at radius 2 is 1.61 bits per heavy atom. The highest BCUT2D eigenvalue weighted by molar-refractivity contribution is 6.06. The molecule has 0 radical (unpaired) electrons. The number of benzene rings is 3. The standard InChI is InChI=1S/C21H18F2N4O/c22-17-12-16-14(18(23)20(17)26-10-8-24-9-11-26)6-7-15-19(16)25-27(21(15)28)13-4-2-1-3-5-13/h1-7,12,24-25H,8-11H2. The zero-order valence-corrected chi connectivity index (χ0v) is 15.0. The molecule has 1 fully saturated rings. The van der Waals surface area contributed by atoms with E-state index in [1.54, 1.807) is 29.2 Å². The lowest BCUT2D eigenvalue weighted by atomic mass is 10.0. The Labute approximate surface area is 159 Å². The van der Waals surface area contributed by atoms with Crippen molar-refractivity contribution in [2.24, 2.45) is 0 Å². The van der Waals surface area contributed by atoms with Gasteiger partial charge < -0.3 is 10.2 Å². The Kier molecular flexibility index (Phi) is 3.91. The zero-order chi connectivity index (χ0) is 19.3. The second-order valence-corrected chi connectivity index (χ2v) is 6.93. The third-order valence-corrected chi connectivity index (χ3v) is 5.29. The second kappa shape index (κ2) is 6.45. The van der Waals surface area contributed by atoms with Crippen molar-refractivity contribution in [2.45, 2.75) is 0 Å². The number of nitrogens with zero attached hydrogens (tertiary/aromatic N) is 2. The van der Waals surface area contributed by atoms with Gasteiger partial charge in [0.15, 0.2) is 5.82 Å². The summed E-state index contributed by atoms with van der Waals surface area (Å²) in [6.07, 6.45) is 0. The summed E-state index contributed by atoms with van der Waals surface area (Å²) in [5.74, 6) is -1.21. The predicted molar refractivity (Wildman–Crippen MR) is 106 cm³/mol. The van der Waals surface area contributed by atoms with Crippen LogP contribution in [-0.2, 0) is 0 Å². The average Bonchev–Trinajstić information content (AvgIpc) is 3.07. The first-order valence-electron chi connectivity index (χ1n) is 9.21. The van der Waals surface area contributed by atoms with E-state index in [2.05, 4.69) is 10.4 Å². The summed E-state index contributed by atoms with van der Waals surface area (Å²) in [5, 5.41) is 7.25. The van der Waals surface area contributed by atoms with Gasteiger partial charge in [-0.05, 0) is 24.3 Å². The molecule has 4 aromatic rings. The largest absolute Gasteiger partial charge is 0.364 e. The highest BCUT2D eigenvalue weighted by Gasteiger charge is 2.23. The van der Waals surface area contributed by atoms with Gasteiger partial charge >= 0.3 is 0 Å². The van der Waals surface area contributed by atoms with Crippen LogP contribution in [-0.4, -0.2) is 36.0 Å². The highest BCUT2D eigenvalue weighted by atomic mass is 19.1. The van der Waals surface area contributed by atoms with Crippen molar-refractivity contribution in [3.8, 4) is 5.69 Å². The summed E-state index contributed by atoms with van der Waals surface area (Å²) < 4.78 is 31.6. The molecule has 0 amide bonds. The SMILES string of the molecule is O=c1c2ccc3c(F)c(N4CCNCC4)c(F)cc3c2[nH]n1-c1ccccc1. The van der Waals surface area contributed by atoms with Gasteiger partial charge in [-0.25, -0.2) is 13.5 Å². The molecule has 1 saturated heterocycles. The van der Waals surface area contributed by atoms with Gasteiger partial charge in [0.25, 0.3) is 5.56 Å². The number of rotatable bonds is 2. The number of nitrogens with one attached hydrogen (secondary N) is 2. The van der Waals surface area contributed by atoms with Crippen LogP contribution in [0.3, 0.4) is 0 Å². The first kappa shape index (κ1) is 16.9. The molecule has 0 aliphatic carbocycles. The molecule has 0 spiro atoms. The number of aromatic nitrogens is 2. The van der Waals surface area contributed by atoms with E-state index >= 15 is 4.39 Å². The van der Waals surface area contributed by atoms with E-state index < -0.39 is 11.6 Å². The van der Waals surface area contributed by atoms with Crippen molar-refractivity contribution in [3.05, 3.63) is 70.5 Å². The van der Waals surface area contributed by atoms with Crippen LogP contribution in [0.5, 0.6) is 0 Å². The summed E-state index contributed by atoms with van der Waals surface area (Å²) in [6.45, 7) is 2.46. The Bertz CT molecular complexity index is 1240. The van der Waals surface area contributed by atoms with Gasteiger partial charge in [0, 0.05) is 37.0 Å². The van der Waals surface area contributed by atoms with Gasteiger partial charge in [-0.15, -0.1) is 0 Å². The van der Waals surface area contributed by atoms with Crippen molar-refractivity contribution in [1.29, 1.82) is 0 Å². The summed E-state index contributed by atoms with van der Waals surface area (Å²) in [4.78, 5) is 14.5. The van der Waals surface area contributed by atoms with Crippen LogP contribution >= 0.6 is 0 Å². The molecule has 5 rings (SSSR count). The topological polar surface area (TPSA) is 53.1 Å². The number of hydrogen-bond acceptors (Lipinski definition) is 3. The van der Waals surface area contributed by atoms with Gasteiger partial charge in [0.1, 0.15) is 11.5 Å². The number of fused-ring (bicyclic) bond motifs is 3. The summed E-state index contributed by atoms with van der Waals surface area (Å²) in [6, 6.07) is 13.6. The number of hydrogen-bond donors (Lipinski definition) is 2. The minimum atomic E-state index is -0.618. The molecule has 0 unspecified atom stereocenters. The van der Waals surface area contributed by atoms with Gasteiger partial charge in [-0.2, -0.15) is 0 Å². The van der Waals surface area contributed by atoms with Gasteiger partial charge in [-0.3, -0.25) is 9.89 Å². The maximum Gasteiger partial charge on any atom is 0.279 e. The van der Waals surface area contributed by atoms with Crippen LogP contribution in [0.15, 0.2) is 53.3 Å². The summed E-state index contributed by atoms with van der Waals surface area (Å²) >= 11 is 0. The van der Waals surface area contributed by atoms with Gasteiger partial charge in [-0.1, -0.05) is 24.3 Å². The fourth-order valence-electron chi connectivity index (χ4n) is 3.91. The van der Waals surface area contributed by atoms with E-state index in [1.165, 1.54) is 10.7 Å². The Hall–Kier alpha value is -3.19. The Morgan fingerprint density at radius 1 is 0.893 bits per heavy atom. The minimum Gasteiger partial charge on any atom is -0.364 e. The molecule has 28 heavy (non-hydrogen) atoms. The lowest BCUT2D eigenvalue weighted by molar-refractivity contribution is 0.542. The van der Waals surface area contributed by atoms with Crippen LogP contribution in [0, 0.1) is 11.6 Å². The van der Waals surface area contributed by atoms with Crippen molar-refractivity contribution < 1.29 is 8.78 Å². The first-order chi connectivity index (χ1) is 13.6. The molecule has 0 atom stereocenters. The number of aromatic amines is 1. The highest BCUT2D eigenvalue weighted by Crippen LogP contribution is 2.33. The zero-order valence-electron chi connectivity index (χ0n) is 15.0. The van der Waals surface area contributed by atoms with E-state index in [9.17, 15) is 9.18 Å². The molecular weight excluding hydrogens is 362 g/mol. The molecule has 3 aromatic carbocycles. The summed E-state index contributed by atoms with van der Waals surface area (Å²) in [5.41, 5.74) is 0.833. The number of anilines is 1. The maximum absolute atomic E-state index is 15.3. The number of halogens is 2.